The summed E-state index contributed by atoms with van der Waals surface area (Å²) in [6, 6.07) is 13.0. The highest BCUT2D eigenvalue weighted by atomic mass is 35.5. The van der Waals surface area contributed by atoms with E-state index in [1.165, 1.54) is 6.20 Å². The minimum atomic E-state index is -0.226. The van der Waals surface area contributed by atoms with Gasteiger partial charge in [0.05, 0.1) is 35.7 Å². The van der Waals surface area contributed by atoms with E-state index in [9.17, 15) is 4.79 Å². The van der Waals surface area contributed by atoms with Crippen molar-refractivity contribution in [3.8, 4) is 22.8 Å². The minimum Gasteiger partial charge on any atom is -0.494 e. The zero-order valence-electron chi connectivity index (χ0n) is 15.8. The predicted molar refractivity (Wildman–Crippen MR) is 109 cm³/mol. The van der Waals surface area contributed by atoms with Crippen molar-refractivity contribution in [2.45, 2.75) is 20.4 Å². The maximum absolute atomic E-state index is 12.7. The molecule has 0 aliphatic heterocycles. The lowest BCUT2D eigenvalue weighted by Gasteiger charge is -2.09. The van der Waals surface area contributed by atoms with Gasteiger partial charge in [-0.15, -0.1) is 0 Å². The first-order chi connectivity index (χ1) is 13.6. The minimum absolute atomic E-state index is 0.226. The number of H-pyrrole nitrogens is 1. The van der Waals surface area contributed by atoms with Crippen LogP contribution in [0.5, 0.6) is 11.5 Å². The van der Waals surface area contributed by atoms with Crippen LogP contribution < -0.4 is 14.8 Å². The number of aromatic amines is 1. The van der Waals surface area contributed by atoms with Crippen LogP contribution in [0.1, 0.15) is 29.8 Å². The zero-order valence-corrected chi connectivity index (χ0v) is 16.5. The third kappa shape index (κ3) is 4.64. The van der Waals surface area contributed by atoms with E-state index < -0.39 is 0 Å². The van der Waals surface area contributed by atoms with Crippen LogP contribution in [-0.4, -0.2) is 29.3 Å². The van der Waals surface area contributed by atoms with Crippen molar-refractivity contribution in [1.82, 2.24) is 15.5 Å². The molecule has 2 N–H and O–H groups in total. The van der Waals surface area contributed by atoms with Crippen LogP contribution in [0.3, 0.4) is 0 Å². The molecule has 0 fully saturated rings. The Morgan fingerprint density at radius 2 is 1.96 bits per heavy atom. The maximum Gasteiger partial charge on any atom is 0.255 e. The Kier molecular flexibility index (Phi) is 6.55. The zero-order chi connectivity index (χ0) is 19.9. The number of hydrogen-bond acceptors (Lipinski definition) is 4. The average Bonchev–Trinajstić information content (AvgIpc) is 3.18. The highest BCUT2D eigenvalue weighted by molar-refractivity contribution is 6.32. The Morgan fingerprint density at radius 3 is 2.71 bits per heavy atom. The van der Waals surface area contributed by atoms with E-state index in [0.29, 0.717) is 41.8 Å². The monoisotopic (exact) mass is 399 g/mol. The molecule has 0 atom stereocenters. The number of carbonyl (C=O) groups is 1. The molecule has 0 bridgehead atoms. The van der Waals surface area contributed by atoms with E-state index in [1.54, 1.807) is 12.1 Å². The van der Waals surface area contributed by atoms with Crippen LogP contribution in [0.4, 0.5) is 0 Å². The molecule has 1 heterocycles. The SMILES string of the molecule is CCOc1cccc(CNC(=O)c2cn[nH]c2-c2ccc(OCC)c(Cl)c2)c1. The molecule has 3 aromatic rings. The summed E-state index contributed by atoms with van der Waals surface area (Å²) in [5, 5.41) is 10.3. The molecule has 28 heavy (non-hydrogen) atoms. The van der Waals surface area contributed by atoms with Gasteiger partial charge in [0.15, 0.2) is 0 Å². The molecule has 0 spiro atoms. The Morgan fingerprint density at radius 1 is 1.14 bits per heavy atom. The van der Waals surface area contributed by atoms with Crippen molar-refractivity contribution in [2.24, 2.45) is 0 Å². The van der Waals surface area contributed by atoms with Gasteiger partial charge < -0.3 is 14.8 Å². The molecule has 0 radical (unpaired) electrons. The number of aromatic nitrogens is 2. The number of amides is 1. The average molecular weight is 400 g/mol. The molecule has 146 valence electrons. The van der Waals surface area contributed by atoms with Crippen molar-refractivity contribution in [1.29, 1.82) is 0 Å². The summed E-state index contributed by atoms with van der Waals surface area (Å²) < 4.78 is 10.9. The fraction of sp³-hybridized carbons (Fsp3) is 0.238. The van der Waals surface area contributed by atoms with Gasteiger partial charge in [0.2, 0.25) is 0 Å². The smallest absolute Gasteiger partial charge is 0.255 e. The summed E-state index contributed by atoms with van der Waals surface area (Å²) in [5.74, 6) is 1.16. The molecule has 7 heteroatoms. The van der Waals surface area contributed by atoms with Crippen LogP contribution in [-0.2, 0) is 6.54 Å². The lowest BCUT2D eigenvalue weighted by atomic mass is 10.1. The third-order valence-corrected chi connectivity index (χ3v) is 4.36. The quantitative estimate of drug-likeness (QED) is 0.586. The highest BCUT2D eigenvalue weighted by Crippen LogP contribution is 2.31. The Balaban J connectivity index is 1.73. The molecular weight excluding hydrogens is 378 g/mol. The van der Waals surface area contributed by atoms with E-state index >= 15 is 0 Å². The third-order valence-electron chi connectivity index (χ3n) is 4.07. The summed E-state index contributed by atoms with van der Waals surface area (Å²) >= 11 is 6.27. The normalized spacial score (nSPS) is 10.5. The maximum atomic E-state index is 12.7. The van der Waals surface area contributed by atoms with Gasteiger partial charge in [-0.1, -0.05) is 23.7 Å². The van der Waals surface area contributed by atoms with Crippen molar-refractivity contribution in [3.05, 3.63) is 64.8 Å². The Bertz CT molecular complexity index is 956. The lowest BCUT2D eigenvalue weighted by molar-refractivity contribution is 0.0951. The van der Waals surface area contributed by atoms with Gasteiger partial charge in [-0.3, -0.25) is 9.89 Å². The number of nitrogens with zero attached hydrogens (tertiary/aromatic N) is 1. The van der Waals surface area contributed by atoms with Crippen LogP contribution in [0.25, 0.3) is 11.3 Å². The summed E-state index contributed by atoms with van der Waals surface area (Å²) in [4.78, 5) is 12.7. The molecule has 0 unspecified atom stereocenters. The number of ether oxygens (including phenoxy) is 2. The van der Waals surface area contributed by atoms with Crippen LogP contribution in [0.15, 0.2) is 48.7 Å². The van der Waals surface area contributed by atoms with Gasteiger partial charge in [-0.05, 0) is 49.7 Å². The van der Waals surface area contributed by atoms with E-state index in [-0.39, 0.29) is 5.91 Å². The van der Waals surface area contributed by atoms with Crippen molar-refractivity contribution in [2.75, 3.05) is 13.2 Å². The summed E-state index contributed by atoms with van der Waals surface area (Å²) in [5.41, 5.74) is 2.76. The van der Waals surface area contributed by atoms with Crippen LogP contribution in [0.2, 0.25) is 5.02 Å². The Labute approximate surface area is 168 Å². The van der Waals surface area contributed by atoms with E-state index in [2.05, 4.69) is 15.5 Å². The molecule has 0 aliphatic rings. The van der Waals surface area contributed by atoms with Crippen molar-refractivity contribution < 1.29 is 14.3 Å². The number of nitrogens with one attached hydrogen (secondary N) is 2. The second-order valence-electron chi connectivity index (χ2n) is 6.00. The van der Waals surface area contributed by atoms with Gasteiger partial charge >= 0.3 is 0 Å². The van der Waals surface area contributed by atoms with Gasteiger partial charge in [0, 0.05) is 12.1 Å². The summed E-state index contributed by atoms with van der Waals surface area (Å²) in [6.45, 7) is 5.34. The first-order valence-electron chi connectivity index (χ1n) is 9.08. The number of rotatable bonds is 8. The highest BCUT2D eigenvalue weighted by Gasteiger charge is 2.16. The molecule has 6 nitrogen and oxygen atoms in total. The number of benzene rings is 2. The molecule has 3 rings (SSSR count). The van der Waals surface area contributed by atoms with Gasteiger partial charge in [-0.25, -0.2) is 0 Å². The second-order valence-corrected chi connectivity index (χ2v) is 6.41. The van der Waals surface area contributed by atoms with Crippen molar-refractivity contribution >= 4 is 17.5 Å². The molecule has 0 saturated heterocycles. The molecule has 1 amide bonds. The van der Waals surface area contributed by atoms with Crippen LogP contribution >= 0.6 is 11.6 Å². The second kappa shape index (κ2) is 9.28. The molecule has 2 aromatic carbocycles. The first-order valence-corrected chi connectivity index (χ1v) is 9.46. The fourth-order valence-corrected chi connectivity index (χ4v) is 3.03. The van der Waals surface area contributed by atoms with Gasteiger partial charge in [0.1, 0.15) is 11.5 Å². The van der Waals surface area contributed by atoms with Gasteiger partial charge in [-0.2, -0.15) is 5.10 Å². The Hall–Kier alpha value is -2.99. The van der Waals surface area contributed by atoms with Crippen LogP contribution in [0, 0.1) is 0 Å². The number of halogens is 1. The van der Waals surface area contributed by atoms with Crippen molar-refractivity contribution in [3.63, 3.8) is 0 Å². The molecule has 0 aliphatic carbocycles. The van der Waals surface area contributed by atoms with Gasteiger partial charge in [0.25, 0.3) is 5.91 Å². The summed E-state index contributed by atoms with van der Waals surface area (Å²) in [7, 11) is 0. The lowest BCUT2D eigenvalue weighted by Crippen LogP contribution is -2.23. The number of hydrogen-bond donors (Lipinski definition) is 2. The largest absolute Gasteiger partial charge is 0.494 e. The fourth-order valence-electron chi connectivity index (χ4n) is 2.80. The molecule has 1 aromatic heterocycles. The summed E-state index contributed by atoms with van der Waals surface area (Å²) in [6.07, 6.45) is 1.51. The topological polar surface area (TPSA) is 76.2 Å². The molecule has 0 saturated carbocycles. The standard InChI is InChI=1S/C21H22ClN3O3/c1-3-27-16-7-5-6-14(10-16)12-23-21(26)17-13-24-25-20(17)15-8-9-19(28-4-2)18(22)11-15/h5-11,13H,3-4,12H2,1-2H3,(H,23,26)(H,24,25). The van der Waals surface area contributed by atoms with E-state index in [4.69, 9.17) is 21.1 Å². The van der Waals surface area contributed by atoms with E-state index in [1.807, 2.05) is 44.2 Å². The number of carbonyl (C=O) groups excluding carboxylic acids is 1. The first kappa shape index (κ1) is 19.8. The van der Waals surface area contributed by atoms with E-state index in [0.717, 1.165) is 16.9 Å². The molecular formula is C21H22ClN3O3. The predicted octanol–water partition coefficient (Wildman–Crippen LogP) is 4.46.